The average molecular weight is 265 g/mol. The Morgan fingerprint density at radius 2 is 2.00 bits per heavy atom. The van der Waals surface area contributed by atoms with Crippen LogP contribution >= 0.6 is 0 Å². The van der Waals surface area contributed by atoms with Crippen LogP contribution in [0.3, 0.4) is 0 Å². The molecule has 0 unspecified atom stereocenters. The van der Waals surface area contributed by atoms with E-state index in [0.29, 0.717) is 6.42 Å². The van der Waals surface area contributed by atoms with Crippen LogP contribution in [0.1, 0.15) is 18.4 Å². The highest BCUT2D eigenvalue weighted by molar-refractivity contribution is 5.83. The molecule has 0 aromatic heterocycles. The van der Waals surface area contributed by atoms with E-state index in [0.717, 1.165) is 10.5 Å². The topological polar surface area (TPSA) is 87.1 Å². The summed E-state index contributed by atoms with van der Waals surface area (Å²) in [6, 6.07) is 9.05. The lowest BCUT2D eigenvalue weighted by molar-refractivity contribution is -0.173. The van der Waals surface area contributed by atoms with Gasteiger partial charge in [0.15, 0.2) is 0 Å². The highest BCUT2D eigenvalue weighted by atomic mass is 16.6. The lowest BCUT2D eigenvalue weighted by atomic mass is 10.1. The molecule has 1 amide bonds. The minimum Gasteiger partial charge on any atom is -0.478 e. The van der Waals surface area contributed by atoms with Gasteiger partial charge in [0, 0.05) is 13.0 Å². The molecule has 0 spiro atoms. The quantitative estimate of drug-likeness (QED) is 0.857. The Labute approximate surface area is 110 Å². The zero-order valence-corrected chi connectivity index (χ0v) is 10.3. The summed E-state index contributed by atoms with van der Waals surface area (Å²) in [4.78, 5) is 23.7. The summed E-state index contributed by atoms with van der Waals surface area (Å²) in [6.07, 6.45) is -0.363. The van der Waals surface area contributed by atoms with E-state index in [9.17, 15) is 14.7 Å². The van der Waals surface area contributed by atoms with Gasteiger partial charge in [-0.05, 0) is 12.0 Å². The normalized spacial score (nSPS) is 22.3. The molecule has 6 nitrogen and oxygen atoms in total. The number of ether oxygens (including phenoxy) is 1. The summed E-state index contributed by atoms with van der Waals surface area (Å²) in [6.45, 7) is 0.224. The van der Waals surface area contributed by atoms with Crippen molar-refractivity contribution in [2.45, 2.75) is 25.2 Å². The molecule has 1 aromatic carbocycles. The number of benzene rings is 1. The van der Waals surface area contributed by atoms with Crippen LogP contribution < -0.4 is 0 Å². The maximum atomic E-state index is 11.8. The molecule has 1 saturated heterocycles. The largest absolute Gasteiger partial charge is 0.478 e. The SMILES string of the molecule is O=C(OCc1ccccc1)N1CCC[C@@]1(O)C(=O)O. The van der Waals surface area contributed by atoms with Crippen LogP contribution in [0.2, 0.25) is 0 Å². The molecule has 2 rings (SSSR count). The van der Waals surface area contributed by atoms with Gasteiger partial charge in [-0.1, -0.05) is 30.3 Å². The van der Waals surface area contributed by atoms with Gasteiger partial charge in [-0.15, -0.1) is 0 Å². The minimum absolute atomic E-state index is 0.0166. The zero-order chi connectivity index (χ0) is 13.9. The number of nitrogens with zero attached hydrogens (tertiary/aromatic N) is 1. The summed E-state index contributed by atoms with van der Waals surface area (Å²) in [5, 5.41) is 18.9. The van der Waals surface area contributed by atoms with Gasteiger partial charge >= 0.3 is 12.1 Å². The molecule has 2 N–H and O–H groups in total. The van der Waals surface area contributed by atoms with Gasteiger partial charge in [0.25, 0.3) is 0 Å². The second-order valence-electron chi connectivity index (χ2n) is 4.42. The first-order chi connectivity index (χ1) is 9.04. The number of carboxylic acid groups (broad SMARTS) is 1. The number of hydrogen-bond donors (Lipinski definition) is 2. The fraction of sp³-hybridized carbons (Fsp3) is 0.385. The number of carbonyl (C=O) groups excluding carboxylic acids is 1. The van der Waals surface area contributed by atoms with Gasteiger partial charge in [0.2, 0.25) is 5.72 Å². The molecule has 1 atom stereocenters. The zero-order valence-electron chi connectivity index (χ0n) is 10.3. The minimum atomic E-state index is -2.15. The smallest absolute Gasteiger partial charge is 0.412 e. The van der Waals surface area contributed by atoms with Crippen molar-refractivity contribution >= 4 is 12.1 Å². The lowest BCUT2D eigenvalue weighted by Gasteiger charge is -2.28. The van der Waals surface area contributed by atoms with E-state index >= 15 is 0 Å². The highest BCUT2D eigenvalue weighted by Crippen LogP contribution is 2.27. The summed E-state index contributed by atoms with van der Waals surface area (Å²) in [7, 11) is 0. The molecular weight excluding hydrogens is 250 g/mol. The van der Waals surface area contributed by atoms with Crippen molar-refractivity contribution < 1.29 is 24.5 Å². The number of carboxylic acids is 1. The molecule has 0 bridgehead atoms. The Balaban J connectivity index is 1.98. The molecular formula is C13H15NO5. The van der Waals surface area contributed by atoms with Gasteiger partial charge in [-0.25, -0.2) is 9.59 Å². The van der Waals surface area contributed by atoms with E-state index in [2.05, 4.69) is 0 Å². The van der Waals surface area contributed by atoms with E-state index in [1.165, 1.54) is 0 Å². The van der Waals surface area contributed by atoms with Crippen LogP contribution in [0.15, 0.2) is 30.3 Å². The summed E-state index contributed by atoms with van der Waals surface area (Å²) in [5.41, 5.74) is -1.35. The number of rotatable bonds is 3. The number of aliphatic hydroxyl groups is 1. The third-order valence-electron chi connectivity index (χ3n) is 3.12. The van der Waals surface area contributed by atoms with Crippen molar-refractivity contribution in [1.29, 1.82) is 0 Å². The van der Waals surface area contributed by atoms with Crippen molar-refractivity contribution in [2.75, 3.05) is 6.54 Å². The van der Waals surface area contributed by atoms with E-state index in [1.807, 2.05) is 18.2 Å². The maximum absolute atomic E-state index is 11.8. The number of amides is 1. The second-order valence-corrected chi connectivity index (χ2v) is 4.42. The maximum Gasteiger partial charge on any atom is 0.412 e. The van der Waals surface area contributed by atoms with Crippen LogP contribution in [0.4, 0.5) is 4.79 Å². The summed E-state index contributed by atoms with van der Waals surface area (Å²) >= 11 is 0. The average Bonchev–Trinajstić information content (AvgIpc) is 2.81. The molecule has 1 aromatic rings. The van der Waals surface area contributed by atoms with Crippen LogP contribution in [0, 0.1) is 0 Å². The van der Waals surface area contributed by atoms with Gasteiger partial charge in [-0.3, -0.25) is 4.90 Å². The predicted molar refractivity (Wildman–Crippen MR) is 65.2 cm³/mol. The van der Waals surface area contributed by atoms with Gasteiger partial charge in [-0.2, -0.15) is 0 Å². The first-order valence-corrected chi connectivity index (χ1v) is 5.98. The molecule has 102 valence electrons. The van der Waals surface area contributed by atoms with Crippen molar-refractivity contribution in [3.63, 3.8) is 0 Å². The standard InChI is InChI=1S/C13H15NO5/c15-11(16)13(18)7-4-8-14(13)12(17)19-9-10-5-2-1-3-6-10/h1-3,5-6,18H,4,7-9H2,(H,15,16)/t13-/m1/s1. The number of carbonyl (C=O) groups is 2. The van der Waals surface area contributed by atoms with E-state index in [-0.39, 0.29) is 19.6 Å². The van der Waals surface area contributed by atoms with E-state index in [4.69, 9.17) is 9.84 Å². The van der Waals surface area contributed by atoms with Crippen LogP contribution in [-0.4, -0.2) is 39.4 Å². The Morgan fingerprint density at radius 1 is 1.32 bits per heavy atom. The van der Waals surface area contributed by atoms with E-state index < -0.39 is 17.8 Å². The third kappa shape index (κ3) is 2.68. The fourth-order valence-corrected chi connectivity index (χ4v) is 2.07. The molecule has 1 heterocycles. The number of aliphatic carboxylic acids is 1. The van der Waals surface area contributed by atoms with Crippen LogP contribution in [0.5, 0.6) is 0 Å². The molecule has 1 aliphatic heterocycles. The molecule has 19 heavy (non-hydrogen) atoms. The first kappa shape index (κ1) is 13.4. The van der Waals surface area contributed by atoms with Gasteiger partial charge in [0.1, 0.15) is 6.61 Å². The first-order valence-electron chi connectivity index (χ1n) is 5.98. The highest BCUT2D eigenvalue weighted by Gasteiger charge is 2.49. The Bertz CT molecular complexity index is 475. The molecule has 0 saturated carbocycles. The van der Waals surface area contributed by atoms with Crippen LogP contribution in [-0.2, 0) is 16.1 Å². The molecule has 0 aliphatic carbocycles. The van der Waals surface area contributed by atoms with Crippen molar-refractivity contribution in [3.05, 3.63) is 35.9 Å². The number of hydrogen-bond acceptors (Lipinski definition) is 4. The Kier molecular flexibility index (Phi) is 3.71. The van der Waals surface area contributed by atoms with E-state index in [1.54, 1.807) is 12.1 Å². The molecule has 1 aliphatic rings. The van der Waals surface area contributed by atoms with Crippen molar-refractivity contribution in [2.24, 2.45) is 0 Å². The van der Waals surface area contributed by atoms with Crippen molar-refractivity contribution in [1.82, 2.24) is 4.90 Å². The molecule has 6 heteroatoms. The lowest BCUT2D eigenvalue weighted by Crippen LogP contribution is -2.53. The van der Waals surface area contributed by atoms with Gasteiger partial charge in [0.05, 0.1) is 0 Å². The van der Waals surface area contributed by atoms with Crippen LogP contribution in [0.25, 0.3) is 0 Å². The Morgan fingerprint density at radius 3 is 2.63 bits per heavy atom. The molecule has 1 fully saturated rings. The second kappa shape index (κ2) is 5.27. The number of likely N-dealkylation sites (tertiary alicyclic amines) is 1. The van der Waals surface area contributed by atoms with Gasteiger partial charge < -0.3 is 14.9 Å². The predicted octanol–water partition coefficient (Wildman–Crippen LogP) is 1.19. The van der Waals surface area contributed by atoms with Crippen molar-refractivity contribution in [3.8, 4) is 0 Å². The Hall–Kier alpha value is -2.08. The summed E-state index contributed by atoms with van der Waals surface area (Å²) in [5.74, 6) is -1.43. The fourth-order valence-electron chi connectivity index (χ4n) is 2.07. The molecule has 0 radical (unpaired) electrons. The summed E-state index contributed by atoms with van der Waals surface area (Å²) < 4.78 is 5.02. The third-order valence-corrected chi connectivity index (χ3v) is 3.12. The monoisotopic (exact) mass is 265 g/mol.